The molecule has 14 heteroatoms. The smallest absolute Gasteiger partial charge is 0.475 e. The zero-order chi connectivity index (χ0) is 26.1. The Balaban J connectivity index is 0.000000384. The summed E-state index contributed by atoms with van der Waals surface area (Å²) >= 11 is 1.65. The summed E-state index contributed by atoms with van der Waals surface area (Å²) < 4.78 is 44.1. The van der Waals surface area contributed by atoms with Gasteiger partial charge in [0, 0.05) is 37.0 Å². The molecule has 1 spiro atoms. The van der Waals surface area contributed by atoms with Gasteiger partial charge in [-0.05, 0) is 25.3 Å². The summed E-state index contributed by atoms with van der Waals surface area (Å²) in [6.45, 7) is 7.69. The van der Waals surface area contributed by atoms with Gasteiger partial charge in [0.15, 0.2) is 0 Å². The van der Waals surface area contributed by atoms with E-state index in [1.165, 1.54) is 0 Å². The molecule has 1 unspecified atom stereocenters. The topological polar surface area (TPSA) is 122 Å². The Morgan fingerprint density at radius 2 is 2.03 bits per heavy atom. The number of aromatic nitrogens is 3. The number of carboxylic acids is 1. The van der Waals surface area contributed by atoms with E-state index in [9.17, 15) is 18.0 Å². The first-order valence-electron chi connectivity index (χ1n) is 11.0. The van der Waals surface area contributed by atoms with Crippen LogP contribution in [-0.2, 0) is 20.9 Å². The molecule has 0 saturated carbocycles. The zero-order valence-corrected chi connectivity index (χ0v) is 20.4. The third kappa shape index (κ3) is 5.43. The van der Waals surface area contributed by atoms with Gasteiger partial charge in [-0.2, -0.15) is 13.2 Å². The van der Waals surface area contributed by atoms with Crippen LogP contribution in [0.3, 0.4) is 0 Å². The van der Waals surface area contributed by atoms with Gasteiger partial charge in [0.1, 0.15) is 17.9 Å². The molecular weight excluding hydrogens is 503 g/mol. The lowest BCUT2D eigenvalue weighted by Crippen LogP contribution is -2.41. The molecule has 2 saturated heterocycles. The minimum Gasteiger partial charge on any atom is -0.475 e. The molecule has 0 bridgehead atoms. The van der Waals surface area contributed by atoms with Crippen LogP contribution in [0.2, 0.25) is 0 Å². The fourth-order valence-corrected chi connectivity index (χ4v) is 5.28. The van der Waals surface area contributed by atoms with Crippen molar-refractivity contribution in [1.82, 2.24) is 20.0 Å². The maximum Gasteiger partial charge on any atom is 0.490 e. The minimum absolute atomic E-state index is 0.152. The second-order valence-corrected chi connectivity index (χ2v) is 9.75. The van der Waals surface area contributed by atoms with Gasteiger partial charge in [-0.1, -0.05) is 5.16 Å². The Bertz CT molecular complexity index is 1240. The standard InChI is InChI=1S/C20H23N5O3S.C2HF3O2/c1-13-15(14(2)28-23-13)8-25-10-20(7-17(25)26)9-24(4-5-27-11-20)19-18-16(3-6-29-18)21-12-22-19;3-2(4,5)1(6)7/h3,6,12H,4-5,7-11H2,1-2H3;(H,6,7). The summed E-state index contributed by atoms with van der Waals surface area (Å²) in [5.41, 5.74) is 2.55. The number of carboxylic acid groups (broad SMARTS) is 1. The molecule has 5 rings (SSSR count). The highest BCUT2D eigenvalue weighted by atomic mass is 32.1. The lowest BCUT2D eigenvalue weighted by molar-refractivity contribution is -0.192. The van der Waals surface area contributed by atoms with Crippen molar-refractivity contribution in [1.29, 1.82) is 0 Å². The van der Waals surface area contributed by atoms with Crippen LogP contribution in [0, 0.1) is 19.3 Å². The number of ether oxygens (including phenoxy) is 1. The van der Waals surface area contributed by atoms with Crippen molar-refractivity contribution in [2.45, 2.75) is 33.0 Å². The quantitative estimate of drug-likeness (QED) is 0.547. The highest BCUT2D eigenvalue weighted by Crippen LogP contribution is 2.38. The molecule has 2 aliphatic rings. The predicted molar refractivity (Wildman–Crippen MR) is 123 cm³/mol. The van der Waals surface area contributed by atoms with Crippen molar-refractivity contribution >= 4 is 39.2 Å². The molecule has 0 aliphatic carbocycles. The van der Waals surface area contributed by atoms with E-state index < -0.39 is 12.1 Å². The Morgan fingerprint density at radius 3 is 2.69 bits per heavy atom. The number of aliphatic carboxylic acids is 1. The zero-order valence-electron chi connectivity index (χ0n) is 19.5. The van der Waals surface area contributed by atoms with Gasteiger partial charge in [-0.15, -0.1) is 11.3 Å². The summed E-state index contributed by atoms with van der Waals surface area (Å²) in [6.07, 6.45) is -2.99. The van der Waals surface area contributed by atoms with Crippen LogP contribution in [0.4, 0.5) is 19.0 Å². The molecule has 36 heavy (non-hydrogen) atoms. The maximum absolute atomic E-state index is 12.9. The van der Waals surface area contributed by atoms with E-state index in [2.05, 4.69) is 20.0 Å². The number of anilines is 1. The number of hydrogen-bond donors (Lipinski definition) is 1. The van der Waals surface area contributed by atoms with Crippen LogP contribution >= 0.6 is 11.3 Å². The molecule has 5 heterocycles. The molecular formula is C22H24F3N5O5S. The lowest BCUT2D eigenvalue weighted by Gasteiger charge is -2.32. The van der Waals surface area contributed by atoms with E-state index in [0.29, 0.717) is 32.7 Å². The van der Waals surface area contributed by atoms with Gasteiger partial charge in [0.25, 0.3) is 0 Å². The Labute approximate surface area is 207 Å². The molecule has 0 aromatic carbocycles. The number of hydrogen-bond acceptors (Lipinski definition) is 9. The first-order chi connectivity index (χ1) is 17.0. The molecule has 1 amide bonds. The molecule has 10 nitrogen and oxygen atoms in total. The SMILES string of the molecule is Cc1noc(C)c1CN1CC2(COCCN(c3ncnc4ccsc34)C2)CC1=O.O=C(O)C(F)(F)F. The summed E-state index contributed by atoms with van der Waals surface area (Å²) in [6, 6.07) is 2.01. The Hall–Kier alpha value is -3.26. The number of aryl methyl sites for hydroxylation is 2. The molecule has 3 aromatic rings. The molecule has 194 valence electrons. The van der Waals surface area contributed by atoms with Gasteiger partial charge < -0.3 is 24.2 Å². The van der Waals surface area contributed by atoms with Gasteiger partial charge in [-0.3, -0.25) is 4.79 Å². The van der Waals surface area contributed by atoms with Gasteiger partial charge in [0.05, 0.1) is 35.7 Å². The average molecular weight is 528 g/mol. The fraction of sp³-hybridized carbons (Fsp3) is 0.500. The van der Waals surface area contributed by atoms with Crippen LogP contribution in [0.1, 0.15) is 23.4 Å². The number of rotatable bonds is 3. The molecule has 2 aliphatic heterocycles. The van der Waals surface area contributed by atoms with Crippen molar-refractivity contribution in [3.8, 4) is 0 Å². The molecule has 0 radical (unpaired) electrons. The van der Waals surface area contributed by atoms with Crippen molar-refractivity contribution in [3.05, 3.63) is 34.8 Å². The second kappa shape index (κ2) is 10.0. The van der Waals surface area contributed by atoms with Gasteiger partial charge >= 0.3 is 12.1 Å². The van der Waals surface area contributed by atoms with Gasteiger partial charge in [0.2, 0.25) is 5.91 Å². The maximum atomic E-state index is 12.9. The first kappa shape index (κ1) is 25.8. The third-order valence-corrected chi connectivity index (χ3v) is 7.04. The summed E-state index contributed by atoms with van der Waals surface area (Å²) in [7, 11) is 0. The fourth-order valence-electron chi connectivity index (χ4n) is 4.42. The number of amides is 1. The number of fused-ring (bicyclic) bond motifs is 1. The van der Waals surface area contributed by atoms with Crippen molar-refractivity contribution in [2.75, 3.05) is 37.7 Å². The molecule has 1 N–H and O–H groups in total. The van der Waals surface area contributed by atoms with E-state index >= 15 is 0 Å². The van der Waals surface area contributed by atoms with Crippen molar-refractivity contribution in [3.63, 3.8) is 0 Å². The Morgan fingerprint density at radius 1 is 1.28 bits per heavy atom. The number of likely N-dealkylation sites (tertiary alicyclic amines) is 1. The largest absolute Gasteiger partial charge is 0.490 e. The van der Waals surface area contributed by atoms with Crippen LogP contribution in [-0.4, -0.2) is 76.0 Å². The van der Waals surface area contributed by atoms with E-state index in [4.69, 9.17) is 19.2 Å². The van der Waals surface area contributed by atoms with Crippen LogP contribution in [0.15, 0.2) is 22.3 Å². The van der Waals surface area contributed by atoms with E-state index in [-0.39, 0.29) is 11.3 Å². The molecule has 2 fully saturated rings. The Kier molecular flexibility index (Phi) is 7.18. The number of alkyl halides is 3. The lowest BCUT2D eigenvalue weighted by atomic mass is 9.87. The van der Waals surface area contributed by atoms with E-state index in [1.54, 1.807) is 17.7 Å². The highest BCUT2D eigenvalue weighted by molar-refractivity contribution is 7.17. The number of nitrogens with zero attached hydrogens (tertiary/aromatic N) is 5. The van der Waals surface area contributed by atoms with Crippen LogP contribution in [0.25, 0.3) is 10.2 Å². The van der Waals surface area contributed by atoms with Gasteiger partial charge in [-0.25, -0.2) is 14.8 Å². The van der Waals surface area contributed by atoms with E-state index in [0.717, 1.165) is 46.1 Å². The van der Waals surface area contributed by atoms with Crippen LogP contribution in [0.5, 0.6) is 0 Å². The highest BCUT2D eigenvalue weighted by Gasteiger charge is 2.46. The number of carbonyl (C=O) groups excluding carboxylic acids is 1. The first-order valence-corrected chi connectivity index (χ1v) is 11.9. The monoisotopic (exact) mass is 527 g/mol. The normalized spacial score (nSPS) is 20.5. The molecule has 1 atom stereocenters. The average Bonchev–Trinajstić information content (AvgIpc) is 3.45. The van der Waals surface area contributed by atoms with Crippen molar-refractivity contribution in [2.24, 2.45) is 5.41 Å². The van der Waals surface area contributed by atoms with Crippen LogP contribution < -0.4 is 4.90 Å². The summed E-state index contributed by atoms with van der Waals surface area (Å²) in [5.74, 6) is -0.894. The third-order valence-electron chi connectivity index (χ3n) is 6.14. The minimum atomic E-state index is -5.08. The summed E-state index contributed by atoms with van der Waals surface area (Å²) in [4.78, 5) is 34.9. The second-order valence-electron chi connectivity index (χ2n) is 8.84. The molecule has 3 aromatic heterocycles. The predicted octanol–water partition coefficient (Wildman–Crippen LogP) is 3.18. The number of thiophene rings is 1. The number of halogens is 3. The van der Waals surface area contributed by atoms with Crippen molar-refractivity contribution < 1.29 is 37.1 Å². The number of carbonyl (C=O) groups is 2. The van der Waals surface area contributed by atoms with E-state index in [1.807, 2.05) is 30.2 Å². The summed E-state index contributed by atoms with van der Waals surface area (Å²) in [5, 5.41) is 13.2.